The van der Waals surface area contributed by atoms with Crippen molar-refractivity contribution in [2.45, 2.75) is 30.2 Å². The first-order valence-corrected chi connectivity index (χ1v) is 10.5. The summed E-state index contributed by atoms with van der Waals surface area (Å²) in [5.41, 5.74) is 1.62. The minimum Gasteiger partial charge on any atom is -0.467 e. The van der Waals surface area contributed by atoms with Gasteiger partial charge in [-0.2, -0.15) is 0 Å². The van der Waals surface area contributed by atoms with E-state index in [1.54, 1.807) is 42.4 Å². The highest BCUT2D eigenvalue weighted by molar-refractivity contribution is 8.01. The number of nitrogens with one attached hydrogen (secondary N) is 1. The number of hydrogen-bond donors (Lipinski definition) is 1. The molecule has 0 saturated heterocycles. The average Bonchev–Trinajstić information content (AvgIpc) is 3.28. The van der Waals surface area contributed by atoms with Gasteiger partial charge in [-0.15, -0.1) is 11.8 Å². The molecule has 0 bridgehead atoms. The number of nitrogens with zero attached hydrogens (tertiary/aromatic N) is 1. The molecule has 0 aliphatic carbocycles. The summed E-state index contributed by atoms with van der Waals surface area (Å²) in [6, 6.07) is 17.3. The van der Waals surface area contributed by atoms with Crippen LogP contribution in [0.15, 0.2) is 76.2 Å². The van der Waals surface area contributed by atoms with E-state index < -0.39 is 11.2 Å². The summed E-state index contributed by atoms with van der Waals surface area (Å²) in [7, 11) is 0. The molecule has 7 heteroatoms. The van der Waals surface area contributed by atoms with Crippen molar-refractivity contribution in [3.05, 3.63) is 84.1 Å². The standard InChI is InChI=1S/C23H21FN2O3S/c1-15(22(27)25-13-18-5-4-12-29-18)21-23(28)26(14-16-8-10-17(24)11-9-16)19-6-2-3-7-20(19)30-21/h2-12,15,21H,13-14H2,1H3,(H,25,27)/t15-,21-/m0/s1. The molecule has 2 aromatic carbocycles. The molecule has 5 nitrogen and oxygen atoms in total. The number of furan rings is 1. The van der Waals surface area contributed by atoms with Gasteiger partial charge in [-0.25, -0.2) is 4.39 Å². The second-order valence-electron chi connectivity index (χ2n) is 7.14. The minimum atomic E-state index is -0.558. The van der Waals surface area contributed by atoms with Crippen LogP contribution in [0.2, 0.25) is 0 Å². The molecule has 2 atom stereocenters. The maximum absolute atomic E-state index is 13.4. The fourth-order valence-electron chi connectivity index (χ4n) is 3.38. The number of fused-ring (bicyclic) bond motifs is 1. The van der Waals surface area contributed by atoms with Crippen molar-refractivity contribution in [1.82, 2.24) is 5.32 Å². The lowest BCUT2D eigenvalue weighted by atomic mass is 10.0. The van der Waals surface area contributed by atoms with Gasteiger partial charge in [0.05, 0.1) is 31.0 Å². The maximum atomic E-state index is 13.4. The number of hydrogen-bond acceptors (Lipinski definition) is 4. The van der Waals surface area contributed by atoms with Crippen molar-refractivity contribution in [1.29, 1.82) is 0 Å². The Balaban J connectivity index is 1.54. The van der Waals surface area contributed by atoms with Crippen molar-refractivity contribution in [2.75, 3.05) is 4.90 Å². The molecule has 1 aromatic heterocycles. The fourth-order valence-corrected chi connectivity index (χ4v) is 4.66. The molecule has 1 aliphatic heterocycles. The zero-order chi connectivity index (χ0) is 21.1. The molecule has 0 spiro atoms. The predicted octanol–water partition coefficient (Wildman–Crippen LogP) is 4.38. The summed E-state index contributed by atoms with van der Waals surface area (Å²) in [6.07, 6.45) is 1.55. The van der Waals surface area contributed by atoms with Crippen molar-refractivity contribution >= 4 is 29.3 Å². The lowest BCUT2D eigenvalue weighted by molar-refractivity contribution is -0.128. The first-order chi connectivity index (χ1) is 14.5. The van der Waals surface area contributed by atoms with Gasteiger partial charge in [0.2, 0.25) is 11.8 Å². The van der Waals surface area contributed by atoms with E-state index in [-0.39, 0.29) is 24.2 Å². The zero-order valence-corrected chi connectivity index (χ0v) is 17.2. The molecular weight excluding hydrogens is 403 g/mol. The van der Waals surface area contributed by atoms with Gasteiger partial charge >= 0.3 is 0 Å². The van der Waals surface area contributed by atoms with Gasteiger partial charge in [0, 0.05) is 4.90 Å². The monoisotopic (exact) mass is 424 g/mol. The van der Waals surface area contributed by atoms with Gasteiger partial charge in [-0.1, -0.05) is 31.2 Å². The van der Waals surface area contributed by atoms with E-state index in [0.29, 0.717) is 12.3 Å². The number of halogens is 1. The Hall–Kier alpha value is -3.06. The number of carbonyl (C=O) groups excluding carboxylic acids is 2. The number of rotatable bonds is 6. The van der Waals surface area contributed by atoms with Crippen LogP contribution < -0.4 is 10.2 Å². The van der Waals surface area contributed by atoms with Crippen LogP contribution in [0.25, 0.3) is 0 Å². The maximum Gasteiger partial charge on any atom is 0.241 e. The Morgan fingerprint density at radius 2 is 1.93 bits per heavy atom. The molecule has 0 radical (unpaired) electrons. The predicted molar refractivity (Wildman–Crippen MR) is 113 cm³/mol. The van der Waals surface area contributed by atoms with Crippen LogP contribution in [-0.2, 0) is 22.7 Å². The van der Waals surface area contributed by atoms with Crippen LogP contribution in [0.3, 0.4) is 0 Å². The number of benzene rings is 2. The topological polar surface area (TPSA) is 62.6 Å². The van der Waals surface area contributed by atoms with Gasteiger partial charge < -0.3 is 14.6 Å². The Kier molecular flexibility index (Phi) is 5.90. The SMILES string of the molecule is C[C@H](C(=O)NCc1ccco1)[C@@H]1Sc2ccccc2N(Cc2ccc(F)cc2)C1=O. The van der Waals surface area contributed by atoms with E-state index in [2.05, 4.69) is 5.32 Å². The summed E-state index contributed by atoms with van der Waals surface area (Å²) in [5.74, 6) is -0.551. The van der Waals surface area contributed by atoms with Crippen LogP contribution >= 0.6 is 11.8 Å². The molecule has 2 amide bonds. The quantitative estimate of drug-likeness (QED) is 0.638. The van der Waals surface area contributed by atoms with E-state index in [1.807, 2.05) is 24.3 Å². The number of thioether (sulfide) groups is 1. The van der Waals surface area contributed by atoms with Crippen LogP contribution in [0.5, 0.6) is 0 Å². The van der Waals surface area contributed by atoms with Gasteiger partial charge in [0.15, 0.2) is 0 Å². The summed E-state index contributed by atoms with van der Waals surface area (Å²) >= 11 is 1.41. The molecule has 4 rings (SSSR count). The lowest BCUT2D eigenvalue weighted by Crippen LogP contribution is -2.47. The number of anilines is 1. The Labute approximate surface area is 178 Å². The van der Waals surface area contributed by atoms with E-state index in [4.69, 9.17) is 4.42 Å². The molecular formula is C23H21FN2O3S. The van der Waals surface area contributed by atoms with E-state index >= 15 is 0 Å². The van der Waals surface area contributed by atoms with Crippen LogP contribution in [-0.4, -0.2) is 17.1 Å². The summed E-state index contributed by atoms with van der Waals surface area (Å²) in [5, 5.41) is 2.28. The number of para-hydroxylation sites is 1. The average molecular weight is 424 g/mol. The van der Waals surface area contributed by atoms with E-state index in [9.17, 15) is 14.0 Å². The van der Waals surface area contributed by atoms with Crippen LogP contribution in [0.4, 0.5) is 10.1 Å². The highest BCUT2D eigenvalue weighted by atomic mass is 32.2. The number of carbonyl (C=O) groups is 2. The second kappa shape index (κ2) is 8.75. The first-order valence-electron chi connectivity index (χ1n) is 9.64. The highest BCUT2D eigenvalue weighted by Crippen LogP contribution is 2.42. The van der Waals surface area contributed by atoms with Crippen molar-refractivity contribution in [2.24, 2.45) is 5.92 Å². The molecule has 2 heterocycles. The molecule has 0 saturated carbocycles. The minimum absolute atomic E-state index is 0.135. The summed E-state index contributed by atoms with van der Waals surface area (Å²) in [4.78, 5) is 28.7. The molecule has 0 unspecified atom stereocenters. The molecule has 3 aromatic rings. The number of amides is 2. The largest absolute Gasteiger partial charge is 0.467 e. The van der Waals surface area contributed by atoms with Crippen LogP contribution in [0, 0.1) is 11.7 Å². The normalized spacial score (nSPS) is 16.8. The Bertz CT molecular complexity index is 1040. The van der Waals surface area contributed by atoms with Crippen molar-refractivity contribution < 1.29 is 18.4 Å². The highest BCUT2D eigenvalue weighted by Gasteiger charge is 2.39. The fraction of sp³-hybridized carbons (Fsp3) is 0.217. The molecule has 154 valence electrons. The molecule has 1 aliphatic rings. The van der Waals surface area contributed by atoms with Gasteiger partial charge in [0.25, 0.3) is 0 Å². The Morgan fingerprint density at radius 1 is 1.17 bits per heavy atom. The third kappa shape index (κ3) is 4.26. The second-order valence-corrected chi connectivity index (χ2v) is 8.33. The lowest BCUT2D eigenvalue weighted by Gasteiger charge is -2.35. The summed E-state index contributed by atoms with van der Waals surface area (Å²) < 4.78 is 18.5. The molecule has 0 fully saturated rings. The smallest absolute Gasteiger partial charge is 0.241 e. The summed E-state index contributed by atoms with van der Waals surface area (Å²) in [6.45, 7) is 2.35. The Morgan fingerprint density at radius 3 is 2.67 bits per heavy atom. The van der Waals surface area contributed by atoms with Crippen molar-refractivity contribution in [3.63, 3.8) is 0 Å². The third-order valence-electron chi connectivity index (χ3n) is 5.06. The van der Waals surface area contributed by atoms with E-state index in [0.717, 1.165) is 16.1 Å². The molecule has 30 heavy (non-hydrogen) atoms. The van der Waals surface area contributed by atoms with Gasteiger partial charge in [0.1, 0.15) is 16.8 Å². The van der Waals surface area contributed by atoms with Crippen molar-refractivity contribution in [3.8, 4) is 0 Å². The van der Waals surface area contributed by atoms with Gasteiger partial charge in [-0.3, -0.25) is 9.59 Å². The zero-order valence-electron chi connectivity index (χ0n) is 16.4. The van der Waals surface area contributed by atoms with E-state index in [1.165, 1.54) is 23.9 Å². The first kappa shape index (κ1) is 20.2. The molecule has 1 N–H and O–H groups in total. The third-order valence-corrected chi connectivity index (χ3v) is 6.52. The van der Waals surface area contributed by atoms with Gasteiger partial charge in [-0.05, 0) is 42.0 Å². The van der Waals surface area contributed by atoms with Crippen LogP contribution in [0.1, 0.15) is 18.2 Å².